The lowest BCUT2D eigenvalue weighted by atomic mass is 9.68. The van der Waals surface area contributed by atoms with Gasteiger partial charge in [0, 0.05) is 32.3 Å². The van der Waals surface area contributed by atoms with E-state index in [1.54, 1.807) is 7.11 Å². The van der Waals surface area contributed by atoms with E-state index in [1.165, 1.54) is 24.8 Å². The van der Waals surface area contributed by atoms with E-state index in [-0.39, 0.29) is 17.1 Å². The summed E-state index contributed by atoms with van der Waals surface area (Å²) in [4.78, 5) is 20.9. The zero-order chi connectivity index (χ0) is 40.7. The van der Waals surface area contributed by atoms with Crippen LogP contribution in [0.25, 0.3) is 0 Å². The van der Waals surface area contributed by atoms with E-state index in [4.69, 9.17) is 42.6 Å². The topological polar surface area (TPSA) is 110 Å². The molecular weight excluding hydrogens is 743 g/mol. The third-order valence-corrected chi connectivity index (χ3v) is 11.9. The maximum Gasteiger partial charge on any atom is 0.320 e. The summed E-state index contributed by atoms with van der Waals surface area (Å²) in [5.41, 5.74) is 2.40. The number of benzene rings is 2. The third-order valence-electron chi connectivity index (χ3n) is 11.9. The van der Waals surface area contributed by atoms with E-state index < -0.39 is 0 Å². The number of hydrogen-bond acceptors (Lipinski definition) is 11. The number of methoxy groups -OCH3 is 1. The summed E-state index contributed by atoms with van der Waals surface area (Å²) >= 11 is 0. The van der Waals surface area contributed by atoms with Crippen LogP contribution >= 0.6 is 0 Å². The van der Waals surface area contributed by atoms with E-state index in [0.717, 1.165) is 50.1 Å². The van der Waals surface area contributed by atoms with Gasteiger partial charge < -0.3 is 52.4 Å². The molecule has 3 fully saturated rings. The Hall–Kier alpha value is -2.85. The van der Waals surface area contributed by atoms with Crippen molar-refractivity contribution < 1.29 is 47.4 Å². The third kappa shape index (κ3) is 14.4. The van der Waals surface area contributed by atoms with Gasteiger partial charge in [-0.25, -0.2) is 4.79 Å². The van der Waals surface area contributed by atoms with Crippen molar-refractivity contribution in [2.24, 2.45) is 5.92 Å². The van der Waals surface area contributed by atoms with Gasteiger partial charge in [0.1, 0.15) is 12.4 Å². The Morgan fingerprint density at radius 3 is 1.55 bits per heavy atom. The Kier molecular flexibility index (Phi) is 20.5. The minimum atomic E-state index is -0.104. The number of ether oxygens (including phenoxy) is 9. The first-order valence-electron chi connectivity index (χ1n) is 21.5. The van der Waals surface area contributed by atoms with Crippen molar-refractivity contribution in [2.45, 2.75) is 62.6 Å². The molecule has 2 aromatic carbocycles. The van der Waals surface area contributed by atoms with Crippen molar-refractivity contribution in [3.8, 4) is 5.75 Å². The molecular formula is C45H71N3O10. The minimum Gasteiger partial charge on any atom is -0.491 e. The lowest BCUT2D eigenvalue weighted by Gasteiger charge is -2.51. The van der Waals surface area contributed by atoms with Crippen LogP contribution in [-0.4, -0.2) is 166 Å². The largest absolute Gasteiger partial charge is 0.491 e. The zero-order valence-electron chi connectivity index (χ0n) is 35.6. The molecule has 2 aromatic rings. The number of urea groups is 1. The molecule has 5 rings (SSSR count). The number of carbonyl (C=O) groups excluding carboxylic acids is 1. The van der Waals surface area contributed by atoms with Crippen molar-refractivity contribution >= 4 is 6.03 Å². The standard InChI is InChI=1S/C45H71N3O10/c1-46(2)45(41-10-5-4-6-11-41)18-16-44(17-19-45)38-47(43(49)48(44)37-39-8-7-9-39)36-40-12-14-42(15-13-40)58-35-34-57-33-32-56-31-30-55-29-28-54-27-26-53-25-24-52-23-22-51-21-20-50-3/h4-6,10-15,39H,7-9,16-38H2,1-3H3. The highest BCUT2D eigenvalue weighted by Gasteiger charge is 2.54. The van der Waals surface area contributed by atoms with Gasteiger partial charge in [-0.2, -0.15) is 0 Å². The van der Waals surface area contributed by atoms with Crippen molar-refractivity contribution in [3.05, 3.63) is 65.7 Å². The first-order valence-corrected chi connectivity index (χ1v) is 21.5. The Morgan fingerprint density at radius 1 is 0.621 bits per heavy atom. The van der Waals surface area contributed by atoms with Gasteiger partial charge in [0.25, 0.3) is 0 Å². The summed E-state index contributed by atoms with van der Waals surface area (Å²) in [7, 11) is 6.07. The highest BCUT2D eigenvalue weighted by atomic mass is 16.6. The summed E-state index contributed by atoms with van der Waals surface area (Å²) in [6, 6.07) is 19.3. The van der Waals surface area contributed by atoms with Gasteiger partial charge in [-0.3, -0.25) is 4.90 Å². The molecule has 1 aliphatic heterocycles. The van der Waals surface area contributed by atoms with Crippen molar-refractivity contribution in [1.29, 1.82) is 0 Å². The maximum atomic E-state index is 14.1. The second kappa shape index (κ2) is 25.7. The molecule has 2 aliphatic carbocycles. The first-order chi connectivity index (χ1) is 28.5. The molecule has 13 nitrogen and oxygen atoms in total. The lowest BCUT2D eigenvalue weighted by molar-refractivity contribution is -0.0227. The number of rotatable bonds is 31. The van der Waals surface area contributed by atoms with Crippen LogP contribution in [0.5, 0.6) is 5.75 Å². The normalized spacial score (nSPS) is 21.1. The van der Waals surface area contributed by atoms with E-state index in [2.05, 4.69) is 71.3 Å². The predicted molar refractivity (Wildman–Crippen MR) is 222 cm³/mol. The molecule has 1 heterocycles. The van der Waals surface area contributed by atoms with Crippen LogP contribution in [0.15, 0.2) is 54.6 Å². The quantitative estimate of drug-likeness (QED) is 0.0884. The molecule has 0 bridgehead atoms. The van der Waals surface area contributed by atoms with Crippen LogP contribution in [-0.2, 0) is 50.0 Å². The van der Waals surface area contributed by atoms with Crippen LogP contribution in [0, 0.1) is 5.92 Å². The molecule has 0 aromatic heterocycles. The fourth-order valence-corrected chi connectivity index (χ4v) is 8.20. The Morgan fingerprint density at radius 2 is 1.10 bits per heavy atom. The summed E-state index contributed by atoms with van der Waals surface area (Å²) < 4.78 is 49.4. The lowest BCUT2D eigenvalue weighted by Crippen LogP contribution is -2.56. The molecule has 3 aliphatic rings. The molecule has 2 saturated carbocycles. The van der Waals surface area contributed by atoms with E-state index in [9.17, 15) is 4.79 Å². The van der Waals surface area contributed by atoms with Crippen molar-refractivity contribution in [3.63, 3.8) is 0 Å². The van der Waals surface area contributed by atoms with Crippen LogP contribution in [0.2, 0.25) is 0 Å². The van der Waals surface area contributed by atoms with Crippen LogP contribution < -0.4 is 4.74 Å². The Labute approximate surface area is 347 Å². The molecule has 0 radical (unpaired) electrons. The second-order valence-electron chi connectivity index (χ2n) is 15.8. The first kappa shape index (κ1) is 46.2. The van der Waals surface area contributed by atoms with E-state index in [1.807, 2.05) is 12.1 Å². The maximum absolute atomic E-state index is 14.1. The number of nitrogens with zero attached hydrogens (tertiary/aromatic N) is 3. The number of carbonyl (C=O) groups is 1. The molecule has 1 saturated heterocycles. The Balaban J connectivity index is 0.886. The van der Waals surface area contributed by atoms with E-state index >= 15 is 0 Å². The SMILES string of the molecule is COCCOCCOCCOCCOCCOCCOCCOCCOc1ccc(CN2CC3(CCC(c4ccccc4)(N(C)C)CC3)N(CC3CCC3)C2=O)cc1. The zero-order valence-corrected chi connectivity index (χ0v) is 35.6. The summed E-state index contributed by atoms with van der Waals surface area (Å²) in [5.74, 6) is 1.43. The van der Waals surface area contributed by atoms with Gasteiger partial charge >= 0.3 is 6.03 Å². The molecule has 0 N–H and O–H groups in total. The van der Waals surface area contributed by atoms with Crippen LogP contribution in [0.4, 0.5) is 4.79 Å². The Bertz CT molecular complexity index is 1390. The van der Waals surface area contributed by atoms with Gasteiger partial charge in [-0.15, -0.1) is 0 Å². The molecule has 326 valence electrons. The average molecular weight is 814 g/mol. The van der Waals surface area contributed by atoms with Gasteiger partial charge in [0.05, 0.1) is 105 Å². The molecule has 0 unspecified atom stereocenters. The summed E-state index contributed by atoms with van der Waals surface area (Å²) in [6.07, 6.45) is 7.89. The molecule has 2 amide bonds. The molecule has 13 heteroatoms. The smallest absolute Gasteiger partial charge is 0.320 e. The highest BCUT2D eigenvalue weighted by molar-refractivity contribution is 5.78. The average Bonchev–Trinajstić information content (AvgIpc) is 3.47. The number of hydrogen-bond donors (Lipinski definition) is 0. The van der Waals surface area contributed by atoms with Crippen molar-refractivity contribution in [1.82, 2.24) is 14.7 Å². The monoisotopic (exact) mass is 814 g/mol. The highest BCUT2D eigenvalue weighted by Crippen LogP contribution is 2.49. The summed E-state index contributed by atoms with van der Waals surface area (Å²) in [6.45, 7) is 10.6. The van der Waals surface area contributed by atoms with Crippen LogP contribution in [0.3, 0.4) is 0 Å². The fraction of sp³-hybridized carbons (Fsp3) is 0.711. The minimum absolute atomic E-state index is 0.00209. The molecule has 58 heavy (non-hydrogen) atoms. The molecule has 1 spiro atoms. The van der Waals surface area contributed by atoms with Gasteiger partial charge in [0.2, 0.25) is 0 Å². The van der Waals surface area contributed by atoms with Gasteiger partial charge in [-0.1, -0.05) is 48.9 Å². The fourth-order valence-electron chi connectivity index (χ4n) is 8.20. The summed E-state index contributed by atoms with van der Waals surface area (Å²) in [5, 5.41) is 0. The number of amides is 2. The van der Waals surface area contributed by atoms with E-state index in [0.29, 0.717) is 118 Å². The van der Waals surface area contributed by atoms with Crippen molar-refractivity contribution in [2.75, 3.05) is 140 Å². The molecule has 0 atom stereocenters. The second-order valence-corrected chi connectivity index (χ2v) is 15.8. The van der Waals surface area contributed by atoms with Crippen LogP contribution in [0.1, 0.15) is 56.1 Å². The van der Waals surface area contributed by atoms with Gasteiger partial charge in [-0.05, 0) is 81.8 Å². The van der Waals surface area contributed by atoms with Gasteiger partial charge in [0.15, 0.2) is 0 Å². The predicted octanol–water partition coefficient (Wildman–Crippen LogP) is 5.64.